The second-order valence-corrected chi connectivity index (χ2v) is 8.14. The first kappa shape index (κ1) is 23.5. The Balaban J connectivity index is 1.69. The van der Waals surface area contributed by atoms with E-state index in [1.807, 2.05) is 0 Å². The van der Waals surface area contributed by atoms with Crippen LogP contribution in [0.1, 0.15) is 27.9 Å². The summed E-state index contributed by atoms with van der Waals surface area (Å²) in [7, 11) is -2.83. The number of carbonyl (C=O) groups is 1. The van der Waals surface area contributed by atoms with E-state index in [9.17, 15) is 22.0 Å². The van der Waals surface area contributed by atoms with Gasteiger partial charge in [-0.3, -0.25) is 14.8 Å². The van der Waals surface area contributed by atoms with Crippen molar-refractivity contribution in [3.05, 3.63) is 89.1 Å². The second-order valence-electron chi connectivity index (χ2n) is 7.31. The SMILES string of the molecule is O=C(c1ccc2ncc(-c3ccncc3)nc2c1)c1c(F)c(F)cc(CCCN[SH](=O)=O)c1F. The van der Waals surface area contributed by atoms with Crippen LogP contribution >= 0.6 is 0 Å². The molecule has 0 saturated heterocycles. The van der Waals surface area contributed by atoms with Gasteiger partial charge in [-0.15, -0.1) is 0 Å². The molecule has 0 atom stereocenters. The van der Waals surface area contributed by atoms with Gasteiger partial charge < -0.3 is 0 Å². The number of pyridine rings is 1. The van der Waals surface area contributed by atoms with Crippen LogP contribution in [-0.2, 0) is 17.3 Å². The number of nitrogens with zero attached hydrogens (tertiary/aromatic N) is 3. The number of halogens is 3. The summed E-state index contributed by atoms with van der Waals surface area (Å²) in [4.78, 5) is 25.7. The highest BCUT2D eigenvalue weighted by atomic mass is 32.2. The monoisotopic (exact) mass is 486 g/mol. The number of aromatic nitrogens is 3. The molecule has 0 fully saturated rings. The second kappa shape index (κ2) is 10.1. The molecule has 11 heteroatoms. The van der Waals surface area contributed by atoms with E-state index in [0.29, 0.717) is 22.8 Å². The number of benzene rings is 2. The Bertz CT molecular complexity index is 1460. The van der Waals surface area contributed by atoms with E-state index < -0.39 is 39.7 Å². The third kappa shape index (κ3) is 4.95. The minimum absolute atomic E-state index is 0.0103. The normalized spacial score (nSPS) is 11.3. The Hall–Kier alpha value is -3.70. The maximum atomic E-state index is 15.0. The summed E-state index contributed by atoms with van der Waals surface area (Å²) in [5.74, 6) is -5.20. The highest BCUT2D eigenvalue weighted by Gasteiger charge is 2.25. The van der Waals surface area contributed by atoms with Crippen molar-refractivity contribution < 1.29 is 26.4 Å². The minimum Gasteiger partial charge on any atom is -0.288 e. The fourth-order valence-corrected chi connectivity index (χ4v) is 3.79. The number of thiol groups is 1. The summed E-state index contributed by atoms with van der Waals surface area (Å²) in [6.07, 6.45) is 4.76. The van der Waals surface area contributed by atoms with Crippen LogP contribution in [0, 0.1) is 17.5 Å². The molecule has 0 amide bonds. The number of hydrogen-bond donors (Lipinski definition) is 2. The molecular formula is C23H17F3N4O3S. The van der Waals surface area contributed by atoms with Crippen molar-refractivity contribution in [1.82, 2.24) is 19.7 Å². The van der Waals surface area contributed by atoms with Gasteiger partial charge in [-0.2, -0.15) is 0 Å². The molecule has 34 heavy (non-hydrogen) atoms. The van der Waals surface area contributed by atoms with Gasteiger partial charge in [-0.1, -0.05) is 0 Å². The number of carbonyl (C=O) groups excluding carboxylic acids is 1. The molecule has 1 N–H and O–H groups in total. The molecule has 0 unspecified atom stereocenters. The van der Waals surface area contributed by atoms with Gasteiger partial charge in [-0.25, -0.2) is 31.3 Å². The first-order valence-electron chi connectivity index (χ1n) is 10.1. The minimum atomic E-state index is -2.83. The molecule has 7 nitrogen and oxygen atoms in total. The summed E-state index contributed by atoms with van der Waals surface area (Å²) >= 11 is 0. The van der Waals surface area contributed by atoms with Gasteiger partial charge in [0.1, 0.15) is 5.82 Å². The van der Waals surface area contributed by atoms with Gasteiger partial charge in [-0.05, 0) is 54.8 Å². The molecule has 2 aromatic heterocycles. The molecule has 0 aliphatic rings. The van der Waals surface area contributed by atoms with Gasteiger partial charge in [0.05, 0.1) is 28.5 Å². The average molecular weight is 486 g/mol. The Morgan fingerprint density at radius 1 is 0.971 bits per heavy atom. The topological polar surface area (TPSA) is 102 Å². The zero-order valence-electron chi connectivity index (χ0n) is 17.5. The Morgan fingerprint density at radius 3 is 2.47 bits per heavy atom. The maximum Gasteiger partial charge on any atom is 0.201 e. The molecule has 0 spiro atoms. The zero-order valence-corrected chi connectivity index (χ0v) is 18.4. The van der Waals surface area contributed by atoms with Crippen LogP contribution in [0.5, 0.6) is 0 Å². The predicted molar refractivity (Wildman–Crippen MR) is 119 cm³/mol. The highest BCUT2D eigenvalue weighted by molar-refractivity contribution is 7.70. The number of nitrogens with one attached hydrogen (secondary N) is 1. The molecule has 0 radical (unpaired) electrons. The summed E-state index contributed by atoms with van der Waals surface area (Å²) in [5, 5.41) is 0. The van der Waals surface area contributed by atoms with E-state index in [1.54, 1.807) is 30.7 Å². The summed E-state index contributed by atoms with van der Waals surface area (Å²) in [5.41, 5.74) is 0.686. The summed E-state index contributed by atoms with van der Waals surface area (Å²) in [6, 6.07) is 8.30. The zero-order chi connectivity index (χ0) is 24.2. The van der Waals surface area contributed by atoms with E-state index in [0.717, 1.165) is 5.56 Å². The Labute approximate surface area is 193 Å². The molecule has 0 saturated carbocycles. The van der Waals surface area contributed by atoms with Crippen LogP contribution in [0.3, 0.4) is 0 Å². The smallest absolute Gasteiger partial charge is 0.201 e. The molecule has 0 aliphatic carbocycles. The first-order chi connectivity index (χ1) is 16.3. The highest BCUT2D eigenvalue weighted by Crippen LogP contribution is 2.26. The van der Waals surface area contributed by atoms with Crippen LogP contribution < -0.4 is 4.72 Å². The van der Waals surface area contributed by atoms with Gasteiger partial charge >= 0.3 is 0 Å². The lowest BCUT2D eigenvalue weighted by Crippen LogP contribution is -2.15. The van der Waals surface area contributed by atoms with E-state index in [4.69, 9.17) is 0 Å². The lowest BCUT2D eigenvalue weighted by atomic mass is 9.97. The third-order valence-corrected chi connectivity index (χ3v) is 5.58. The lowest BCUT2D eigenvalue weighted by molar-refractivity contribution is 0.102. The number of fused-ring (bicyclic) bond motifs is 1. The summed E-state index contributed by atoms with van der Waals surface area (Å²) < 4.78 is 67.0. The molecule has 174 valence electrons. The van der Waals surface area contributed by atoms with Crippen LogP contribution in [0.4, 0.5) is 13.2 Å². The van der Waals surface area contributed by atoms with E-state index in [-0.39, 0.29) is 30.5 Å². The van der Waals surface area contributed by atoms with Crippen LogP contribution in [0.2, 0.25) is 0 Å². The van der Waals surface area contributed by atoms with Crippen molar-refractivity contribution in [3.8, 4) is 11.3 Å². The fraction of sp³-hybridized carbons (Fsp3) is 0.130. The van der Waals surface area contributed by atoms with Crippen molar-refractivity contribution >= 4 is 27.7 Å². The van der Waals surface area contributed by atoms with Crippen LogP contribution in [0.25, 0.3) is 22.3 Å². The predicted octanol–water partition coefficient (Wildman–Crippen LogP) is 3.39. The largest absolute Gasteiger partial charge is 0.288 e. The Morgan fingerprint density at radius 2 is 1.74 bits per heavy atom. The van der Waals surface area contributed by atoms with E-state index in [2.05, 4.69) is 19.7 Å². The standard InChI is InChI=1S/C23H17F3N4O3S/c24-16-10-14(2-1-7-29-34(32)33)21(25)20(22(16)26)23(31)15-3-4-17-18(11-15)30-19(12-28-17)13-5-8-27-9-6-13/h3-6,8-12,34H,1-2,7H2,(H,29,32,33). The molecule has 0 bridgehead atoms. The summed E-state index contributed by atoms with van der Waals surface area (Å²) in [6.45, 7) is -0.0103. The number of ketones is 1. The van der Waals surface area contributed by atoms with Crippen molar-refractivity contribution in [2.24, 2.45) is 0 Å². The fourth-order valence-electron chi connectivity index (χ4n) is 3.45. The number of rotatable bonds is 8. The van der Waals surface area contributed by atoms with Crippen LogP contribution in [0.15, 0.2) is 55.0 Å². The molecule has 4 rings (SSSR count). The first-order valence-corrected chi connectivity index (χ1v) is 11.3. The maximum absolute atomic E-state index is 15.0. The van der Waals surface area contributed by atoms with Gasteiger partial charge in [0, 0.05) is 30.1 Å². The van der Waals surface area contributed by atoms with Crippen molar-refractivity contribution in [3.63, 3.8) is 0 Å². The average Bonchev–Trinajstić information content (AvgIpc) is 2.84. The Kier molecular flexibility index (Phi) is 6.94. The lowest BCUT2D eigenvalue weighted by Gasteiger charge is -2.11. The van der Waals surface area contributed by atoms with Gasteiger partial charge in [0.25, 0.3) is 0 Å². The van der Waals surface area contributed by atoms with Crippen molar-refractivity contribution in [1.29, 1.82) is 0 Å². The number of hydrogen-bond acceptors (Lipinski definition) is 6. The quantitative estimate of drug-likeness (QED) is 0.171. The van der Waals surface area contributed by atoms with Gasteiger partial charge in [0.2, 0.25) is 10.9 Å². The van der Waals surface area contributed by atoms with E-state index >= 15 is 4.39 Å². The van der Waals surface area contributed by atoms with Crippen molar-refractivity contribution in [2.75, 3.05) is 6.54 Å². The molecule has 4 aromatic rings. The third-order valence-electron chi connectivity index (χ3n) is 5.10. The molecular weight excluding hydrogens is 469 g/mol. The molecule has 2 heterocycles. The van der Waals surface area contributed by atoms with E-state index in [1.165, 1.54) is 18.2 Å². The molecule has 0 aliphatic heterocycles. The number of aryl methyl sites for hydroxylation is 1. The van der Waals surface area contributed by atoms with Gasteiger partial charge in [0.15, 0.2) is 17.4 Å². The molecule has 2 aromatic carbocycles. The van der Waals surface area contributed by atoms with Crippen molar-refractivity contribution in [2.45, 2.75) is 12.8 Å². The van der Waals surface area contributed by atoms with Crippen LogP contribution in [-0.4, -0.2) is 35.7 Å².